The molecule has 2 rings (SSSR count). The van der Waals surface area contributed by atoms with Crippen molar-refractivity contribution in [3.63, 3.8) is 0 Å². The van der Waals surface area contributed by atoms with Gasteiger partial charge in [-0.05, 0) is 38.2 Å². The van der Waals surface area contributed by atoms with Gasteiger partial charge in [0.15, 0.2) is 5.15 Å². The molecular weight excluding hydrogens is 328 g/mol. The number of pyridine rings is 1. The number of aryl methyl sites for hydroxylation is 1. The van der Waals surface area contributed by atoms with E-state index in [0.717, 1.165) is 11.3 Å². The van der Waals surface area contributed by atoms with E-state index in [-0.39, 0.29) is 30.1 Å². The first-order valence-corrected chi connectivity index (χ1v) is 7.77. The predicted octanol–water partition coefficient (Wildman–Crippen LogP) is 2.55. The molecular formula is C17H19ClN4O2. The number of amides is 2. The molecule has 0 spiro atoms. The highest BCUT2D eigenvalue weighted by molar-refractivity contribution is 6.32. The molecule has 126 valence electrons. The maximum absolute atomic E-state index is 12.0. The van der Waals surface area contributed by atoms with E-state index in [4.69, 9.17) is 11.6 Å². The van der Waals surface area contributed by atoms with Crippen LogP contribution in [0.3, 0.4) is 0 Å². The molecule has 0 atom stereocenters. The second kappa shape index (κ2) is 8.42. The van der Waals surface area contributed by atoms with Crippen molar-refractivity contribution in [3.8, 4) is 0 Å². The lowest BCUT2D eigenvalue weighted by Crippen LogP contribution is -2.36. The Morgan fingerprint density at radius 2 is 1.71 bits per heavy atom. The van der Waals surface area contributed by atoms with Gasteiger partial charge in [0, 0.05) is 11.9 Å². The minimum Gasteiger partial charge on any atom is -0.325 e. The second-order valence-corrected chi connectivity index (χ2v) is 5.83. The van der Waals surface area contributed by atoms with E-state index in [9.17, 15) is 9.59 Å². The molecule has 2 N–H and O–H groups in total. The summed E-state index contributed by atoms with van der Waals surface area (Å²) >= 11 is 5.89. The number of likely N-dealkylation sites (N-methyl/N-ethyl adjacent to an activating group) is 1. The normalized spacial score (nSPS) is 10.5. The van der Waals surface area contributed by atoms with Crippen molar-refractivity contribution in [2.45, 2.75) is 6.92 Å². The minimum atomic E-state index is -0.268. The van der Waals surface area contributed by atoms with E-state index in [1.165, 1.54) is 0 Å². The van der Waals surface area contributed by atoms with Crippen molar-refractivity contribution in [3.05, 3.63) is 53.3 Å². The lowest BCUT2D eigenvalue weighted by atomic mass is 10.2. The highest BCUT2D eigenvalue weighted by Gasteiger charge is 2.12. The fourth-order valence-corrected chi connectivity index (χ4v) is 2.22. The van der Waals surface area contributed by atoms with Crippen LogP contribution in [0.2, 0.25) is 5.15 Å². The summed E-state index contributed by atoms with van der Waals surface area (Å²) in [6, 6.07) is 10.9. The smallest absolute Gasteiger partial charge is 0.238 e. The largest absolute Gasteiger partial charge is 0.325 e. The number of rotatable bonds is 6. The van der Waals surface area contributed by atoms with Crippen molar-refractivity contribution in [2.24, 2.45) is 0 Å². The zero-order chi connectivity index (χ0) is 17.5. The number of aromatic nitrogens is 1. The Morgan fingerprint density at radius 3 is 2.33 bits per heavy atom. The Bertz CT molecular complexity index is 719. The zero-order valence-electron chi connectivity index (χ0n) is 13.5. The second-order valence-electron chi connectivity index (χ2n) is 5.48. The van der Waals surface area contributed by atoms with Gasteiger partial charge in [-0.2, -0.15) is 0 Å². The Morgan fingerprint density at radius 1 is 1.08 bits per heavy atom. The first-order valence-electron chi connectivity index (χ1n) is 7.39. The molecule has 0 saturated carbocycles. The fraction of sp³-hybridized carbons (Fsp3) is 0.235. The van der Waals surface area contributed by atoms with E-state index in [2.05, 4.69) is 15.6 Å². The van der Waals surface area contributed by atoms with Crippen LogP contribution in [0.25, 0.3) is 0 Å². The molecule has 0 saturated heterocycles. The van der Waals surface area contributed by atoms with E-state index in [1.54, 1.807) is 30.3 Å². The van der Waals surface area contributed by atoms with E-state index in [1.807, 2.05) is 31.2 Å². The van der Waals surface area contributed by atoms with Crippen LogP contribution in [0.4, 0.5) is 11.4 Å². The van der Waals surface area contributed by atoms with Gasteiger partial charge < -0.3 is 10.6 Å². The average molecular weight is 347 g/mol. The van der Waals surface area contributed by atoms with Gasteiger partial charge >= 0.3 is 0 Å². The molecule has 0 aliphatic heterocycles. The molecule has 0 radical (unpaired) electrons. The van der Waals surface area contributed by atoms with E-state index < -0.39 is 0 Å². The third kappa shape index (κ3) is 5.64. The molecule has 0 aliphatic carbocycles. The summed E-state index contributed by atoms with van der Waals surface area (Å²) in [5.41, 5.74) is 2.29. The molecule has 7 heteroatoms. The Labute approximate surface area is 145 Å². The minimum absolute atomic E-state index is 0.0620. The van der Waals surface area contributed by atoms with Gasteiger partial charge in [0.1, 0.15) is 0 Å². The number of carbonyl (C=O) groups is 2. The molecule has 2 aromatic rings. The zero-order valence-corrected chi connectivity index (χ0v) is 14.3. The molecule has 6 nitrogen and oxygen atoms in total. The van der Waals surface area contributed by atoms with Crippen LogP contribution in [-0.2, 0) is 9.59 Å². The lowest BCUT2D eigenvalue weighted by molar-refractivity contribution is -0.119. The van der Waals surface area contributed by atoms with E-state index >= 15 is 0 Å². The van der Waals surface area contributed by atoms with Crippen LogP contribution in [0.15, 0.2) is 42.6 Å². The van der Waals surface area contributed by atoms with Crippen LogP contribution in [-0.4, -0.2) is 41.8 Å². The SMILES string of the molecule is Cc1ccc(NC(=O)CN(C)CC(=O)Nc2cccnc2Cl)cc1. The van der Waals surface area contributed by atoms with Crippen LogP contribution < -0.4 is 10.6 Å². The molecule has 0 unspecified atom stereocenters. The van der Waals surface area contributed by atoms with Gasteiger partial charge in [0.25, 0.3) is 0 Å². The summed E-state index contributed by atoms with van der Waals surface area (Å²) in [5.74, 6) is -0.455. The number of benzene rings is 1. The first kappa shape index (κ1) is 17.9. The Kier molecular flexibility index (Phi) is 6.28. The molecule has 2 amide bonds. The summed E-state index contributed by atoms with van der Waals surface area (Å²) in [5, 5.41) is 5.68. The molecule has 24 heavy (non-hydrogen) atoms. The number of anilines is 2. The van der Waals surface area contributed by atoms with Gasteiger partial charge in [0.2, 0.25) is 11.8 Å². The highest BCUT2D eigenvalue weighted by Crippen LogP contribution is 2.17. The average Bonchev–Trinajstić information content (AvgIpc) is 2.51. The first-order chi connectivity index (χ1) is 11.4. The number of halogens is 1. The van der Waals surface area contributed by atoms with Crippen LogP contribution in [0, 0.1) is 6.92 Å². The van der Waals surface area contributed by atoms with Crippen LogP contribution >= 0.6 is 11.6 Å². The van der Waals surface area contributed by atoms with E-state index in [0.29, 0.717) is 5.69 Å². The summed E-state index contributed by atoms with van der Waals surface area (Å²) in [6.45, 7) is 2.14. The third-order valence-electron chi connectivity index (χ3n) is 3.20. The Hall–Kier alpha value is -2.44. The molecule has 1 aromatic heterocycles. The van der Waals surface area contributed by atoms with Crippen molar-refractivity contribution < 1.29 is 9.59 Å². The van der Waals surface area contributed by atoms with Gasteiger partial charge in [0.05, 0.1) is 18.8 Å². The monoisotopic (exact) mass is 346 g/mol. The summed E-state index contributed by atoms with van der Waals surface area (Å²) in [6.07, 6.45) is 1.54. The standard InChI is InChI=1S/C17H19ClN4O2/c1-12-5-7-13(8-6-12)20-15(23)10-22(2)11-16(24)21-14-4-3-9-19-17(14)18/h3-9H,10-11H2,1-2H3,(H,20,23)(H,21,24). The van der Waals surface area contributed by atoms with Crippen molar-refractivity contribution in [1.29, 1.82) is 0 Å². The summed E-state index contributed by atoms with van der Waals surface area (Å²) < 4.78 is 0. The predicted molar refractivity (Wildman–Crippen MR) is 95.2 cm³/mol. The number of nitrogens with one attached hydrogen (secondary N) is 2. The fourth-order valence-electron chi connectivity index (χ4n) is 2.05. The van der Waals surface area contributed by atoms with Crippen molar-refractivity contribution in [2.75, 3.05) is 30.8 Å². The quantitative estimate of drug-likeness (QED) is 0.788. The van der Waals surface area contributed by atoms with Crippen molar-refractivity contribution in [1.82, 2.24) is 9.88 Å². The van der Waals surface area contributed by atoms with Crippen molar-refractivity contribution >= 4 is 34.8 Å². The maximum Gasteiger partial charge on any atom is 0.238 e. The van der Waals surface area contributed by atoms with Gasteiger partial charge in [-0.1, -0.05) is 29.3 Å². The lowest BCUT2D eigenvalue weighted by Gasteiger charge is -2.16. The van der Waals surface area contributed by atoms with Gasteiger partial charge in [-0.25, -0.2) is 4.98 Å². The number of carbonyl (C=O) groups excluding carboxylic acids is 2. The number of nitrogens with zero attached hydrogens (tertiary/aromatic N) is 2. The third-order valence-corrected chi connectivity index (χ3v) is 3.50. The number of hydrogen-bond donors (Lipinski definition) is 2. The molecule has 0 bridgehead atoms. The maximum atomic E-state index is 12.0. The van der Waals surface area contributed by atoms with Gasteiger partial charge in [-0.3, -0.25) is 14.5 Å². The molecule has 1 heterocycles. The molecule has 1 aromatic carbocycles. The number of hydrogen-bond acceptors (Lipinski definition) is 4. The topological polar surface area (TPSA) is 74.3 Å². The Balaban J connectivity index is 1.80. The van der Waals surface area contributed by atoms with Gasteiger partial charge in [-0.15, -0.1) is 0 Å². The molecule has 0 fully saturated rings. The highest BCUT2D eigenvalue weighted by atomic mass is 35.5. The van der Waals surface area contributed by atoms with Crippen LogP contribution in [0.1, 0.15) is 5.56 Å². The summed E-state index contributed by atoms with van der Waals surface area (Å²) in [7, 11) is 1.69. The van der Waals surface area contributed by atoms with Crippen LogP contribution in [0.5, 0.6) is 0 Å². The summed E-state index contributed by atoms with van der Waals surface area (Å²) in [4.78, 5) is 29.5. The molecule has 0 aliphatic rings.